The summed E-state index contributed by atoms with van der Waals surface area (Å²) in [5.74, 6) is -0.790. The topological polar surface area (TPSA) is 66.5 Å². The molecule has 0 saturated heterocycles. The molecule has 0 fully saturated rings. The minimum absolute atomic E-state index is 0.0233. The summed E-state index contributed by atoms with van der Waals surface area (Å²) < 4.78 is 66.7. The van der Waals surface area contributed by atoms with E-state index in [4.69, 9.17) is 0 Å². The van der Waals surface area contributed by atoms with Gasteiger partial charge in [0.1, 0.15) is 6.54 Å². The summed E-state index contributed by atoms with van der Waals surface area (Å²) in [7, 11) is -4.11. The minimum Gasteiger partial charge on any atom is -0.325 e. The Morgan fingerprint density at radius 1 is 0.935 bits per heavy atom. The molecule has 0 saturated carbocycles. The average molecular weight is 513 g/mol. The molecule has 0 heterocycles. The van der Waals surface area contributed by atoms with E-state index >= 15 is 0 Å². The van der Waals surface area contributed by atoms with E-state index in [1.54, 1.807) is 30.3 Å². The van der Waals surface area contributed by atoms with Crippen molar-refractivity contribution in [1.82, 2.24) is 0 Å². The molecule has 0 aliphatic carbocycles. The fourth-order valence-electron chi connectivity index (χ4n) is 2.75. The highest BCUT2D eigenvalue weighted by atomic mass is 79.9. The number of nitrogens with one attached hydrogen (secondary N) is 1. The van der Waals surface area contributed by atoms with Gasteiger partial charge in [0, 0.05) is 10.2 Å². The molecule has 0 unspecified atom stereocenters. The summed E-state index contributed by atoms with van der Waals surface area (Å²) >= 11 is 3.27. The number of halogens is 4. The van der Waals surface area contributed by atoms with Crippen molar-refractivity contribution >= 4 is 43.2 Å². The van der Waals surface area contributed by atoms with E-state index < -0.39 is 34.2 Å². The predicted molar refractivity (Wildman–Crippen MR) is 115 cm³/mol. The molecule has 0 bridgehead atoms. The molecule has 0 radical (unpaired) electrons. The molecule has 1 amide bonds. The smallest absolute Gasteiger partial charge is 0.325 e. The van der Waals surface area contributed by atoms with E-state index in [0.29, 0.717) is 4.47 Å². The van der Waals surface area contributed by atoms with Crippen LogP contribution in [0.4, 0.5) is 24.5 Å². The molecule has 0 aromatic heterocycles. The second-order valence-corrected chi connectivity index (χ2v) is 9.21. The third-order valence-electron chi connectivity index (χ3n) is 4.21. The number of carbonyl (C=O) groups excluding carboxylic acids is 1. The average Bonchev–Trinajstić information content (AvgIpc) is 2.73. The number of anilines is 2. The number of carbonyl (C=O) groups is 1. The molecule has 0 spiro atoms. The van der Waals surface area contributed by atoms with E-state index in [9.17, 15) is 26.4 Å². The minimum atomic E-state index is -4.57. The van der Waals surface area contributed by atoms with Gasteiger partial charge in [-0.3, -0.25) is 9.10 Å². The Balaban J connectivity index is 1.90. The number of amides is 1. The van der Waals surface area contributed by atoms with Gasteiger partial charge in [0.25, 0.3) is 10.0 Å². The van der Waals surface area contributed by atoms with Crippen molar-refractivity contribution in [2.45, 2.75) is 11.1 Å². The highest BCUT2D eigenvalue weighted by Crippen LogP contribution is 2.31. The zero-order valence-corrected chi connectivity index (χ0v) is 18.2. The van der Waals surface area contributed by atoms with Gasteiger partial charge in [-0.1, -0.05) is 40.2 Å². The van der Waals surface area contributed by atoms with Crippen LogP contribution in [0.15, 0.2) is 88.2 Å². The number of hydrogen-bond acceptors (Lipinski definition) is 3. The Morgan fingerprint density at radius 2 is 1.58 bits per heavy atom. The van der Waals surface area contributed by atoms with Gasteiger partial charge in [-0.2, -0.15) is 13.2 Å². The van der Waals surface area contributed by atoms with Crippen molar-refractivity contribution in [3.05, 3.63) is 88.9 Å². The normalized spacial score (nSPS) is 11.7. The van der Waals surface area contributed by atoms with Crippen LogP contribution in [0.1, 0.15) is 5.56 Å². The Kier molecular flexibility index (Phi) is 6.71. The van der Waals surface area contributed by atoms with E-state index in [2.05, 4.69) is 21.2 Å². The first-order valence-electron chi connectivity index (χ1n) is 8.88. The summed E-state index contributed by atoms with van der Waals surface area (Å²) in [6.45, 7) is -0.630. The number of alkyl halides is 3. The van der Waals surface area contributed by atoms with E-state index in [1.165, 1.54) is 30.3 Å². The molecule has 162 valence electrons. The molecule has 0 aliphatic rings. The van der Waals surface area contributed by atoms with E-state index in [1.807, 2.05) is 0 Å². The highest BCUT2D eigenvalue weighted by Gasteiger charge is 2.31. The van der Waals surface area contributed by atoms with Gasteiger partial charge in [0.05, 0.1) is 16.1 Å². The first-order chi connectivity index (χ1) is 14.6. The Hall–Kier alpha value is -2.85. The lowest BCUT2D eigenvalue weighted by molar-refractivity contribution is -0.137. The Morgan fingerprint density at radius 3 is 2.19 bits per heavy atom. The quantitative estimate of drug-likeness (QED) is 0.487. The zero-order chi connectivity index (χ0) is 22.6. The van der Waals surface area contributed by atoms with Crippen LogP contribution in [-0.2, 0) is 21.0 Å². The maximum Gasteiger partial charge on any atom is 0.416 e. The van der Waals surface area contributed by atoms with Gasteiger partial charge in [-0.25, -0.2) is 8.42 Å². The maximum atomic E-state index is 13.2. The summed E-state index contributed by atoms with van der Waals surface area (Å²) in [5, 5.41) is 2.34. The molecule has 3 aromatic carbocycles. The van der Waals surface area contributed by atoms with Gasteiger partial charge >= 0.3 is 6.18 Å². The molecule has 0 aliphatic heterocycles. The number of sulfonamides is 1. The molecule has 1 N–H and O–H groups in total. The third-order valence-corrected chi connectivity index (χ3v) is 6.52. The zero-order valence-electron chi connectivity index (χ0n) is 15.8. The van der Waals surface area contributed by atoms with Crippen molar-refractivity contribution < 1.29 is 26.4 Å². The number of benzene rings is 3. The van der Waals surface area contributed by atoms with Crippen molar-refractivity contribution in [1.29, 1.82) is 0 Å². The molecular weight excluding hydrogens is 497 g/mol. The summed E-state index contributed by atoms with van der Waals surface area (Å²) in [4.78, 5) is 12.6. The molecule has 5 nitrogen and oxygen atoms in total. The number of hydrogen-bond donors (Lipinski definition) is 1. The monoisotopic (exact) mass is 512 g/mol. The van der Waals surface area contributed by atoms with Gasteiger partial charge < -0.3 is 5.32 Å². The van der Waals surface area contributed by atoms with Gasteiger partial charge in [0.15, 0.2) is 0 Å². The second kappa shape index (κ2) is 9.11. The largest absolute Gasteiger partial charge is 0.416 e. The van der Waals surface area contributed by atoms with E-state index in [-0.39, 0.29) is 16.3 Å². The maximum absolute atomic E-state index is 13.2. The van der Waals surface area contributed by atoms with Gasteiger partial charge in [-0.05, 0) is 54.6 Å². The van der Waals surface area contributed by atoms with Crippen LogP contribution in [0.25, 0.3) is 0 Å². The Bertz CT molecular complexity index is 1170. The summed E-state index contributed by atoms with van der Waals surface area (Å²) in [5.41, 5.74) is -0.786. The van der Waals surface area contributed by atoms with Crippen molar-refractivity contribution in [3.8, 4) is 0 Å². The SMILES string of the molecule is O=C(CN(c1ccc(Br)cc1)S(=O)(=O)c1ccccc1)Nc1cccc(C(F)(F)F)c1. The van der Waals surface area contributed by atoms with Gasteiger partial charge in [-0.15, -0.1) is 0 Å². The van der Waals surface area contributed by atoms with Crippen LogP contribution < -0.4 is 9.62 Å². The highest BCUT2D eigenvalue weighted by molar-refractivity contribution is 9.10. The van der Waals surface area contributed by atoms with Crippen molar-refractivity contribution in [2.75, 3.05) is 16.2 Å². The predicted octanol–water partition coefficient (Wildman–Crippen LogP) is 5.30. The summed E-state index contributed by atoms with van der Waals surface area (Å²) in [6.07, 6.45) is -4.57. The van der Waals surface area contributed by atoms with Crippen LogP contribution in [0, 0.1) is 0 Å². The van der Waals surface area contributed by atoms with Crippen LogP contribution in [-0.4, -0.2) is 20.9 Å². The molecular formula is C21H16BrF3N2O3S. The second-order valence-electron chi connectivity index (χ2n) is 6.43. The molecule has 10 heteroatoms. The van der Waals surface area contributed by atoms with Crippen LogP contribution >= 0.6 is 15.9 Å². The standard InChI is InChI=1S/C21H16BrF3N2O3S/c22-16-9-11-18(12-10-16)27(31(29,30)19-7-2-1-3-8-19)14-20(28)26-17-6-4-5-15(13-17)21(23,24)25/h1-13H,14H2,(H,26,28). The third kappa shape index (κ3) is 5.65. The van der Waals surface area contributed by atoms with E-state index in [0.717, 1.165) is 22.5 Å². The van der Waals surface area contributed by atoms with Gasteiger partial charge in [0.2, 0.25) is 5.91 Å². The fraction of sp³-hybridized carbons (Fsp3) is 0.0952. The van der Waals surface area contributed by atoms with Crippen molar-refractivity contribution in [3.63, 3.8) is 0 Å². The first kappa shape index (κ1) is 22.8. The lowest BCUT2D eigenvalue weighted by Gasteiger charge is -2.24. The number of nitrogens with zero attached hydrogens (tertiary/aromatic N) is 1. The Labute approximate surface area is 185 Å². The first-order valence-corrected chi connectivity index (χ1v) is 11.1. The summed E-state index contributed by atoms with van der Waals surface area (Å²) in [6, 6.07) is 17.9. The van der Waals surface area contributed by atoms with Crippen LogP contribution in [0.2, 0.25) is 0 Å². The van der Waals surface area contributed by atoms with Crippen LogP contribution in [0.3, 0.4) is 0 Å². The molecule has 3 rings (SSSR count). The fourth-order valence-corrected chi connectivity index (χ4v) is 4.45. The number of rotatable bonds is 6. The van der Waals surface area contributed by atoms with Crippen LogP contribution in [0.5, 0.6) is 0 Å². The molecule has 3 aromatic rings. The van der Waals surface area contributed by atoms with Crippen molar-refractivity contribution in [2.24, 2.45) is 0 Å². The molecule has 0 atom stereocenters. The molecule has 31 heavy (non-hydrogen) atoms. The lowest BCUT2D eigenvalue weighted by atomic mass is 10.2. The lowest BCUT2D eigenvalue weighted by Crippen LogP contribution is -2.38.